The number of benzene rings is 3. The molecule has 4 rings (SSSR count). The highest BCUT2D eigenvalue weighted by molar-refractivity contribution is 5.93. The Kier molecular flexibility index (Phi) is 6.88. The molecule has 7 heteroatoms. The zero-order valence-electron chi connectivity index (χ0n) is 18.3. The van der Waals surface area contributed by atoms with Gasteiger partial charge in [0, 0.05) is 18.7 Å². The topological polar surface area (TPSA) is 67.9 Å². The first kappa shape index (κ1) is 22.3. The number of nitrogens with one attached hydrogen (secondary N) is 1. The molecule has 3 aromatic carbocycles. The fraction of sp³-hybridized carbons (Fsp3) is 0.231. The summed E-state index contributed by atoms with van der Waals surface area (Å²) >= 11 is 0. The van der Waals surface area contributed by atoms with Gasteiger partial charge in [-0.25, -0.2) is 4.39 Å². The summed E-state index contributed by atoms with van der Waals surface area (Å²) in [4.78, 5) is 26.8. The monoisotopic (exact) mass is 448 g/mol. The predicted octanol–water partition coefficient (Wildman–Crippen LogP) is 4.36. The van der Waals surface area contributed by atoms with Gasteiger partial charge < -0.3 is 19.7 Å². The molecule has 0 aliphatic carbocycles. The van der Waals surface area contributed by atoms with Crippen LogP contribution in [0.15, 0.2) is 66.7 Å². The zero-order chi connectivity index (χ0) is 23.2. The Bertz CT molecular complexity index is 1150. The average molecular weight is 448 g/mol. The number of hydrogen-bond acceptors (Lipinski definition) is 4. The number of nitrogens with zero attached hydrogens (tertiary/aromatic N) is 1. The number of fused-ring (bicyclic) bond motifs is 1. The summed E-state index contributed by atoms with van der Waals surface area (Å²) in [7, 11) is 0. The lowest BCUT2D eigenvalue weighted by atomic mass is 10.1. The standard InChI is InChI=1S/C26H25FN2O4/c1-2-26(31)29(16-18-6-9-21(27)10-7-18)22-5-3-4-19(12-22)14-25(30)28-15-20-8-11-23-24(13-20)33-17-32-23/h3-13H,2,14-17H2,1H3,(H,28,30). The van der Waals surface area contributed by atoms with Crippen LogP contribution in [-0.2, 0) is 29.1 Å². The van der Waals surface area contributed by atoms with Crippen molar-refractivity contribution in [3.05, 3.63) is 89.2 Å². The van der Waals surface area contributed by atoms with E-state index in [0.717, 1.165) is 16.7 Å². The molecule has 3 aromatic rings. The Hall–Kier alpha value is -3.87. The van der Waals surface area contributed by atoms with Gasteiger partial charge in [-0.2, -0.15) is 0 Å². The van der Waals surface area contributed by atoms with Crippen LogP contribution in [0.1, 0.15) is 30.0 Å². The van der Waals surface area contributed by atoms with Gasteiger partial charge >= 0.3 is 0 Å². The van der Waals surface area contributed by atoms with Crippen molar-refractivity contribution in [2.24, 2.45) is 0 Å². The molecule has 1 aliphatic heterocycles. The number of halogens is 1. The number of rotatable bonds is 8. The van der Waals surface area contributed by atoms with E-state index in [4.69, 9.17) is 9.47 Å². The summed E-state index contributed by atoms with van der Waals surface area (Å²) in [5, 5.41) is 2.92. The molecule has 170 valence electrons. The van der Waals surface area contributed by atoms with Crippen molar-refractivity contribution >= 4 is 17.5 Å². The Morgan fingerprint density at radius 2 is 1.70 bits per heavy atom. The highest BCUT2D eigenvalue weighted by atomic mass is 19.1. The number of amides is 2. The highest BCUT2D eigenvalue weighted by Gasteiger charge is 2.16. The third-order valence-electron chi connectivity index (χ3n) is 5.37. The average Bonchev–Trinajstić information content (AvgIpc) is 3.30. The maximum atomic E-state index is 13.2. The van der Waals surface area contributed by atoms with E-state index in [1.807, 2.05) is 42.5 Å². The zero-order valence-corrected chi connectivity index (χ0v) is 18.3. The predicted molar refractivity (Wildman–Crippen MR) is 122 cm³/mol. The van der Waals surface area contributed by atoms with E-state index in [2.05, 4.69) is 5.32 Å². The third-order valence-corrected chi connectivity index (χ3v) is 5.37. The van der Waals surface area contributed by atoms with E-state index in [9.17, 15) is 14.0 Å². The van der Waals surface area contributed by atoms with Crippen LogP contribution >= 0.6 is 0 Å². The summed E-state index contributed by atoms with van der Waals surface area (Å²) in [6.07, 6.45) is 0.518. The molecular weight excluding hydrogens is 423 g/mol. The minimum absolute atomic E-state index is 0.0521. The quantitative estimate of drug-likeness (QED) is 0.556. The molecule has 0 radical (unpaired) electrons. The van der Waals surface area contributed by atoms with Gasteiger partial charge in [-0.05, 0) is 53.1 Å². The van der Waals surface area contributed by atoms with Crippen LogP contribution in [0.25, 0.3) is 0 Å². The molecule has 1 N–H and O–H groups in total. The molecule has 0 atom stereocenters. The van der Waals surface area contributed by atoms with E-state index in [1.165, 1.54) is 12.1 Å². The molecule has 0 saturated heterocycles. The van der Waals surface area contributed by atoms with E-state index >= 15 is 0 Å². The first-order chi connectivity index (χ1) is 16.0. The number of ether oxygens (including phenoxy) is 2. The molecule has 2 amide bonds. The summed E-state index contributed by atoms with van der Waals surface area (Å²) in [5.41, 5.74) is 3.24. The maximum absolute atomic E-state index is 13.2. The van der Waals surface area contributed by atoms with Crippen LogP contribution in [0.5, 0.6) is 11.5 Å². The molecule has 1 heterocycles. The maximum Gasteiger partial charge on any atom is 0.231 e. The van der Waals surface area contributed by atoms with Crippen molar-refractivity contribution in [3.63, 3.8) is 0 Å². The number of carbonyl (C=O) groups excluding carboxylic acids is 2. The number of anilines is 1. The lowest BCUT2D eigenvalue weighted by Crippen LogP contribution is -2.30. The molecule has 0 unspecified atom stereocenters. The van der Waals surface area contributed by atoms with Gasteiger partial charge in [0.05, 0.1) is 13.0 Å². The fourth-order valence-corrected chi connectivity index (χ4v) is 3.62. The fourth-order valence-electron chi connectivity index (χ4n) is 3.62. The van der Waals surface area contributed by atoms with Crippen LogP contribution in [-0.4, -0.2) is 18.6 Å². The molecule has 0 fully saturated rings. The van der Waals surface area contributed by atoms with Crippen molar-refractivity contribution in [1.82, 2.24) is 5.32 Å². The lowest BCUT2D eigenvalue weighted by Gasteiger charge is -2.23. The van der Waals surface area contributed by atoms with Gasteiger partial charge in [0.1, 0.15) is 5.82 Å². The van der Waals surface area contributed by atoms with Crippen molar-refractivity contribution in [2.45, 2.75) is 32.9 Å². The van der Waals surface area contributed by atoms with Gasteiger partial charge in [-0.3, -0.25) is 9.59 Å². The van der Waals surface area contributed by atoms with Gasteiger partial charge in [0.25, 0.3) is 0 Å². The Morgan fingerprint density at radius 3 is 2.48 bits per heavy atom. The first-order valence-corrected chi connectivity index (χ1v) is 10.8. The summed E-state index contributed by atoms with van der Waals surface area (Å²) < 4.78 is 23.9. The molecule has 1 aliphatic rings. The van der Waals surface area contributed by atoms with Gasteiger partial charge in [-0.15, -0.1) is 0 Å². The summed E-state index contributed by atoms with van der Waals surface area (Å²) in [6, 6.07) is 19.0. The molecule has 6 nitrogen and oxygen atoms in total. The summed E-state index contributed by atoms with van der Waals surface area (Å²) in [5.74, 6) is 0.881. The Morgan fingerprint density at radius 1 is 0.939 bits per heavy atom. The van der Waals surface area contributed by atoms with E-state index < -0.39 is 0 Å². The number of carbonyl (C=O) groups is 2. The largest absolute Gasteiger partial charge is 0.454 e. The second-order valence-corrected chi connectivity index (χ2v) is 7.77. The third kappa shape index (κ3) is 5.68. The van der Waals surface area contributed by atoms with Gasteiger partial charge in [0.15, 0.2) is 11.5 Å². The second-order valence-electron chi connectivity index (χ2n) is 7.77. The minimum atomic E-state index is -0.319. The van der Waals surface area contributed by atoms with E-state index in [-0.39, 0.29) is 30.8 Å². The summed E-state index contributed by atoms with van der Waals surface area (Å²) in [6.45, 7) is 2.71. The second kappa shape index (κ2) is 10.2. The lowest BCUT2D eigenvalue weighted by molar-refractivity contribution is -0.120. The van der Waals surface area contributed by atoms with Crippen molar-refractivity contribution < 1.29 is 23.5 Å². The highest BCUT2D eigenvalue weighted by Crippen LogP contribution is 2.32. The Balaban J connectivity index is 1.41. The van der Waals surface area contributed by atoms with Crippen LogP contribution in [0, 0.1) is 5.82 Å². The molecule has 0 spiro atoms. The van der Waals surface area contributed by atoms with Crippen LogP contribution < -0.4 is 19.7 Å². The molecule has 33 heavy (non-hydrogen) atoms. The van der Waals surface area contributed by atoms with E-state index in [1.54, 1.807) is 24.0 Å². The van der Waals surface area contributed by atoms with Crippen LogP contribution in [0.4, 0.5) is 10.1 Å². The van der Waals surface area contributed by atoms with Crippen molar-refractivity contribution in [2.75, 3.05) is 11.7 Å². The molecular formula is C26H25FN2O4. The smallest absolute Gasteiger partial charge is 0.231 e. The molecule has 0 saturated carbocycles. The normalized spacial score (nSPS) is 11.8. The van der Waals surface area contributed by atoms with Crippen LogP contribution in [0.3, 0.4) is 0 Å². The van der Waals surface area contributed by atoms with Gasteiger partial charge in [-0.1, -0.05) is 37.3 Å². The molecule has 0 aromatic heterocycles. The number of hydrogen-bond donors (Lipinski definition) is 1. The van der Waals surface area contributed by atoms with Crippen molar-refractivity contribution in [3.8, 4) is 11.5 Å². The Labute approximate surface area is 191 Å². The SMILES string of the molecule is CCC(=O)N(Cc1ccc(F)cc1)c1cccc(CC(=O)NCc2ccc3c(c2)OCO3)c1. The van der Waals surface area contributed by atoms with Crippen molar-refractivity contribution in [1.29, 1.82) is 0 Å². The molecule has 0 bridgehead atoms. The minimum Gasteiger partial charge on any atom is -0.454 e. The van der Waals surface area contributed by atoms with E-state index in [0.29, 0.717) is 36.7 Å². The van der Waals surface area contributed by atoms with Crippen LogP contribution in [0.2, 0.25) is 0 Å². The van der Waals surface area contributed by atoms with Gasteiger partial charge in [0.2, 0.25) is 18.6 Å². The first-order valence-electron chi connectivity index (χ1n) is 10.8.